The minimum atomic E-state index is -3.36. The van der Waals surface area contributed by atoms with Gasteiger partial charge in [-0.05, 0) is 18.1 Å². The van der Waals surface area contributed by atoms with E-state index in [1.807, 2.05) is 61.5 Å². The zero-order valence-corrected chi connectivity index (χ0v) is 13.3. The molecule has 0 radical (unpaired) electrons. The second kappa shape index (κ2) is 6.20. The first kappa shape index (κ1) is 15.2. The zero-order chi connectivity index (χ0) is 15.6. The van der Waals surface area contributed by atoms with Crippen LogP contribution in [0.2, 0.25) is 0 Å². The van der Waals surface area contributed by atoms with Gasteiger partial charge < -0.3 is 4.74 Å². The lowest BCUT2D eigenvalue weighted by Gasteiger charge is -2.14. The zero-order valence-electron chi connectivity index (χ0n) is 12.5. The van der Waals surface area contributed by atoms with E-state index in [1.165, 1.54) is 4.31 Å². The van der Waals surface area contributed by atoms with Crippen molar-refractivity contribution in [3.05, 3.63) is 71.3 Å². The summed E-state index contributed by atoms with van der Waals surface area (Å²) < 4.78 is 32.1. The third-order valence-electron chi connectivity index (χ3n) is 3.82. The predicted octanol–water partition coefficient (Wildman–Crippen LogP) is 2.86. The van der Waals surface area contributed by atoms with Crippen LogP contribution in [0.25, 0.3) is 0 Å². The average Bonchev–Trinajstić information content (AvgIpc) is 3.01. The van der Waals surface area contributed by atoms with Crippen LogP contribution in [-0.2, 0) is 20.5 Å². The van der Waals surface area contributed by atoms with Crippen molar-refractivity contribution < 1.29 is 13.2 Å². The third-order valence-corrected chi connectivity index (χ3v) is 5.56. The van der Waals surface area contributed by atoms with E-state index in [9.17, 15) is 8.42 Å². The molecule has 0 saturated carbocycles. The fraction of sp³-hybridized carbons (Fsp3) is 0.294. The summed E-state index contributed by atoms with van der Waals surface area (Å²) in [5.41, 5.74) is 2.93. The molecule has 0 aromatic heterocycles. The SMILES string of the molecule is Cc1ccc(CS(=O)(=O)N2COC(c3ccccc3)C2)cc1. The maximum absolute atomic E-state index is 12.5. The second-order valence-electron chi connectivity index (χ2n) is 5.57. The molecule has 1 aliphatic rings. The summed E-state index contributed by atoms with van der Waals surface area (Å²) in [5, 5.41) is 0. The van der Waals surface area contributed by atoms with Crippen LogP contribution in [0.3, 0.4) is 0 Å². The van der Waals surface area contributed by atoms with Crippen LogP contribution in [0.4, 0.5) is 0 Å². The van der Waals surface area contributed by atoms with Gasteiger partial charge in [-0.3, -0.25) is 0 Å². The molecule has 5 heteroatoms. The van der Waals surface area contributed by atoms with E-state index in [2.05, 4.69) is 0 Å². The number of sulfonamides is 1. The van der Waals surface area contributed by atoms with Gasteiger partial charge in [0.05, 0.1) is 11.9 Å². The molecule has 0 amide bonds. The van der Waals surface area contributed by atoms with Gasteiger partial charge in [0.2, 0.25) is 10.0 Å². The number of rotatable bonds is 4. The van der Waals surface area contributed by atoms with E-state index >= 15 is 0 Å². The number of benzene rings is 2. The molecular formula is C17H19NO3S. The van der Waals surface area contributed by atoms with E-state index in [0.29, 0.717) is 6.54 Å². The van der Waals surface area contributed by atoms with Crippen LogP contribution >= 0.6 is 0 Å². The van der Waals surface area contributed by atoms with Crippen LogP contribution in [0, 0.1) is 6.92 Å². The molecule has 1 heterocycles. The van der Waals surface area contributed by atoms with Crippen molar-refractivity contribution in [1.82, 2.24) is 4.31 Å². The van der Waals surface area contributed by atoms with Gasteiger partial charge in [-0.1, -0.05) is 60.2 Å². The van der Waals surface area contributed by atoms with Gasteiger partial charge in [-0.2, -0.15) is 4.31 Å². The number of hydrogen-bond donors (Lipinski definition) is 0. The first-order valence-corrected chi connectivity index (χ1v) is 8.85. The molecule has 1 aliphatic heterocycles. The van der Waals surface area contributed by atoms with Crippen molar-refractivity contribution in [1.29, 1.82) is 0 Å². The van der Waals surface area contributed by atoms with Crippen molar-refractivity contribution in [2.75, 3.05) is 13.3 Å². The summed E-state index contributed by atoms with van der Waals surface area (Å²) in [6.07, 6.45) is -0.186. The van der Waals surface area contributed by atoms with Crippen molar-refractivity contribution in [2.24, 2.45) is 0 Å². The number of aryl methyl sites for hydroxylation is 1. The van der Waals surface area contributed by atoms with Crippen LogP contribution in [-0.4, -0.2) is 26.0 Å². The van der Waals surface area contributed by atoms with Crippen molar-refractivity contribution in [3.8, 4) is 0 Å². The lowest BCUT2D eigenvalue weighted by atomic mass is 10.1. The Hall–Kier alpha value is -1.69. The van der Waals surface area contributed by atoms with Crippen LogP contribution in [0.1, 0.15) is 22.8 Å². The lowest BCUT2D eigenvalue weighted by molar-refractivity contribution is 0.104. The van der Waals surface area contributed by atoms with Gasteiger partial charge in [0, 0.05) is 6.54 Å². The third kappa shape index (κ3) is 3.38. The summed E-state index contributed by atoms with van der Waals surface area (Å²) in [5.74, 6) is 0.0121. The Balaban J connectivity index is 1.70. The monoisotopic (exact) mass is 317 g/mol. The standard InChI is InChI=1S/C17H19NO3S/c1-14-7-9-15(10-8-14)12-22(19,20)18-11-17(21-13-18)16-5-3-2-4-6-16/h2-10,17H,11-13H2,1H3. The van der Waals surface area contributed by atoms with E-state index in [-0.39, 0.29) is 18.6 Å². The molecule has 4 nitrogen and oxygen atoms in total. The fourth-order valence-electron chi connectivity index (χ4n) is 2.51. The fourth-order valence-corrected chi connectivity index (χ4v) is 3.89. The maximum Gasteiger partial charge on any atom is 0.220 e. The van der Waals surface area contributed by atoms with E-state index in [1.54, 1.807) is 0 Å². The van der Waals surface area contributed by atoms with Gasteiger partial charge in [-0.25, -0.2) is 8.42 Å². The Labute approximate surface area is 131 Å². The molecule has 0 spiro atoms. The summed E-state index contributed by atoms with van der Waals surface area (Å²) in [6.45, 7) is 2.48. The topological polar surface area (TPSA) is 46.6 Å². The molecule has 0 bridgehead atoms. The summed E-state index contributed by atoms with van der Waals surface area (Å²) in [6, 6.07) is 17.3. The van der Waals surface area contributed by atoms with Gasteiger partial charge in [0.15, 0.2) is 0 Å². The highest BCUT2D eigenvalue weighted by molar-refractivity contribution is 7.88. The van der Waals surface area contributed by atoms with Gasteiger partial charge in [0.1, 0.15) is 6.73 Å². The highest BCUT2D eigenvalue weighted by Gasteiger charge is 2.32. The Bertz CT molecular complexity index is 726. The van der Waals surface area contributed by atoms with E-state index in [4.69, 9.17) is 4.74 Å². The van der Waals surface area contributed by atoms with Gasteiger partial charge in [-0.15, -0.1) is 0 Å². The molecule has 1 fully saturated rings. The van der Waals surface area contributed by atoms with Crippen LogP contribution in [0.5, 0.6) is 0 Å². The highest BCUT2D eigenvalue weighted by atomic mass is 32.2. The second-order valence-corrected chi connectivity index (χ2v) is 7.54. The Morgan fingerprint density at radius 1 is 1.09 bits per heavy atom. The molecule has 116 valence electrons. The molecule has 2 aromatic carbocycles. The van der Waals surface area contributed by atoms with E-state index in [0.717, 1.165) is 16.7 Å². The normalized spacial score (nSPS) is 19.4. The largest absolute Gasteiger partial charge is 0.356 e. The molecule has 22 heavy (non-hydrogen) atoms. The first-order valence-electron chi connectivity index (χ1n) is 7.24. The molecular weight excluding hydrogens is 298 g/mol. The maximum atomic E-state index is 12.5. The predicted molar refractivity (Wildman–Crippen MR) is 85.6 cm³/mol. The molecule has 1 unspecified atom stereocenters. The molecule has 2 aromatic rings. The van der Waals surface area contributed by atoms with Crippen molar-refractivity contribution in [2.45, 2.75) is 18.8 Å². The quantitative estimate of drug-likeness (QED) is 0.871. The van der Waals surface area contributed by atoms with Crippen molar-refractivity contribution >= 4 is 10.0 Å². The first-order chi connectivity index (χ1) is 10.5. The van der Waals surface area contributed by atoms with Crippen LogP contribution < -0.4 is 0 Å². The lowest BCUT2D eigenvalue weighted by Crippen LogP contribution is -2.29. The Morgan fingerprint density at radius 2 is 1.77 bits per heavy atom. The minimum Gasteiger partial charge on any atom is -0.356 e. The smallest absolute Gasteiger partial charge is 0.220 e. The Kier molecular flexibility index (Phi) is 4.29. The average molecular weight is 317 g/mol. The number of ether oxygens (including phenoxy) is 1. The summed E-state index contributed by atoms with van der Waals surface area (Å²) >= 11 is 0. The minimum absolute atomic E-state index is 0.0121. The molecule has 1 atom stereocenters. The van der Waals surface area contributed by atoms with Gasteiger partial charge >= 0.3 is 0 Å². The highest BCUT2D eigenvalue weighted by Crippen LogP contribution is 2.27. The number of nitrogens with zero attached hydrogens (tertiary/aromatic N) is 1. The molecule has 1 saturated heterocycles. The molecule has 0 aliphatic carbocycles. The summed E-state index contributed by atoms with van der Waals surface area (Å²) in [7, 11) is -3.36. The van der Waals surface area contributed by atoms with Crippen LogP contribution in [0.15, 0.2) is 54.6 Å². The van der Waals surface area contributed by atoms with Crippen molar-refractivity contribution in [3.63, 3.8) is 0 Å². The Morgan fingerprint density at radius 3 is 2.45 bits per heavy atom. The van der Waals surface area contributed by atoms with E-state index < -0.39 is 10.0 Å². The summed E-state index contributed by atoms with van der Waals surface area (Å²) in [4.78, 5) is 0. The molecule has 3 rings (SSSR count). The molecule has 0 N–H and O–H groups in total. The number of hydrogen-bond acceptors (Lipinski definition) is 3. The van der Waals surface area contributed by atoms with Gasteiger partial charge in [0.25, 0.3) is 0 Å².